The zero-order valence-electron chi connectivity index (χ0n) is 10.1. The predicted molar refractivity (Wildman–Crippen MR) is 68.8 cm³/mol. The van der Waals surface area contributed by atoms with Gasteiger partial charge in [0.2, 0.25) is 0 Å². The molecule has 0 aliphatic carbocycles. The Balaban J connectivity index is 2.08. The number of hydrogen-bond acceptors (Lipinski definition) is 3. The molecule has 0 saturated carbocycles. The van der Waals surface area contributed by atoms with Gasteiger partial charge >= 0.3 is 0 Å². The monoisotopic (exact) mass is 231 g/mol. The number of rotatable bonds is 6. The molecule has 0 radical (unpaired) electrons. The summed E-state index contributed by atoms with van der Waals surface area (Å²) in [6.45, 7) is 7.67. The van der Waals surface area contributed by atoms with Crippen molar-refractivity contribution in [2.75, 3.05) is 25.4 Å². The Morgan fingerprint density at radius 1 is 1.20 bits per heavy atom. The number of unbranched alkanes of at least 4 members (excludes halogenated alkanes) is 3. The molecule has 0 aromatic rings. The van der Waals surface area contributed by atoms with Gasteiger partial charge in [0.1, 0.15) is 0 Å². The van der Waals surface area contributed by atoms with Crippen molar-refractivity contribution in [1.82, 2.24) is 4.90 Å². The van der Waals surface area contributed by atoms with Gasteiger partial charge in [-0.2, -0.15) is 12.6 Å². The van der Waals surface area contributed by atoms with Crippen LogP contribution in [0.5, 0.6) is 0 Å². The van der Waals surface area contributed by atoms with Gasteiger partial charge in [-0.15, -0.1) is 0 Å². The van der Waals surface area contributed by atoms with Crippen molar-refractivity contribution in [2.24, 2.45) is 0 Å². The van der Waals surface area contributed by atoms with Crippen molar-refractivity contribution in [3.8, 4) is 0 Å². The van der Waals surface area contributed by atoms with Crippen LogP contribution in [0.1, 0.15) is 39.5 Å². The molecule has 1 fully saturated rings. The third kappa shape index (κ3) is 5.23. The average molecular weight is 231 g/mol. The lowest BCUT2D eigenvalue weighted by molar-refractivity contribution is -0.0496. The van der Waals surface area contributed by atoms with Crippen LogP contribution < -0.4 is 0 Å². The lowest BCUT2D eigenvalue weighted by atomic mass is 10.1. The van der Waals surface area contributed by atoms with E-state index in [2.05, 4.69) is 31.4 Å². The molecule has 15 heavy (non-hydrogen) atoms. The second-order valence-electron chi connectivity index (χ2n) is 4.63. The summed E-state index contributed by atoms with van der Waals surface area (Å²) >= 11 is 4.22. The van der Waals surface area contributed by atoms with Gasteiger partial charge in [-0.05, 0) is 39.0 Å². The molecule has 1 heterocycles. The van der Waals surface area contributed by atoms with E-state index in [9.17, 15) is 0 Å². The first-order valence-corrected chi connectivity index (χ1v) is 6.83. The van der Waals surface area contributed by atoms with Crippen molar-refractivity contribution in [3.05, 3.63) is 0 Å². The summed E-state index contributed by atoms with van der Waals surface area (Å²) in [4.78, 5) is 2.56. The van der Waals surface area contributed by atoms with Crippen molar-refractivity contribution >= 4 is 12.6 Å². The second kappa shape index (κ2) is 7.53. The molecule has 3 heteroatoms. The van der Waals surface area contributed by atoms with Gasteiger partial charge in [-0.3, -0.25) is 4.90 Å². The van der Waals surface area contributed by atoms with Crippen LogP contribution in [0, 0.1) is 0 Å². The molecule has 1 aliphatic heterocycles. The molecule has 90 valence electrons. The maximum atomic E-state index is 5.61. The van der Waals surface area contributed by atoms with E-state index >= 15 is 0 Å². The Hall–Kier alpha value is 0.270. The first-order chi connectivity index (χ1) is 7.24. The highest BCUT2D eigenvalue weighted by molar-refractivity contribution is 7.80. The van der Waals surface area contributed by atoms with Crippen molar-refractivity contribution in [1.29, 1.82) is 0 Å². The van der Waals surface area contributed by atoms with Crippen LogP contribution in [0.3, 0.4) is 0 Å². The van der Waals surface area contributed by atoms with E-state index in [4.69, 9.17) is 4.74 Å². The van der Waals surface area contributed by atoms with Crippen LogP contribution >= 0.6 is 12.6 Å². The quantitative estimate of drug-likeness (QED) is 0.557. The molecule has 0 spiro atoms. The molecule has 0 amide bonds. The van der Waals surface area contributed by atoms with Crippen molar-refractivity contribution < 1.29 is 4.74 Å². The molecule has 2 atom stereocenters. The Bertz CT molecular complexity index is 166. The van der Waals surface area contributed by atoms with Gasteiger partial charge in [-0.1, -0.05) is 12.8 Å². The Morgan fingerprint density at radius 3 is 2.67 bits per heavy atom. The third-order valence-corrected chi connectivity index (χ3v) is 3.41. The minimum Gasteiger partial charge on any atom is -0.376 e. The summed E-state index contributed by atoms with van der Waals surface area (Å²) in [5.74, 6) is 1.03. The minimum absolute atomic E-state index is 0.415. The third-order valence-electron chi connectivity index (χ3n) is 3.09. The maximum Gasteiger partial charge on any atom is 0.0674 e. The Labute approximate surface area is 99.8 Å². The topological polar surface area (TPSA) is 12.5 Å². The zero-order valence-corrected chi connectivity index (χ0v) is 11.0. The van der Waals surface area contributed by atoms with Gasteiger partial charge < -0.3 is 4.74 Å². The van der Waals surface area contributed by atoms with Gasteiger partial charge in [0, 0.05) is 12.6 Å². The fraction of sp³-hybridized carbons (Fsp3) is 1.00. The maximum absolute atomic E-state index is 5.61. The fourth-order valence-electron chi connectivity index (χ4n) is 2.06. The number of ether oxygens (including phenoxy) is 1. The summed E-state index contributed by atoms with van der Waals surface area (Å²) in [7, 11) is 0. The molecule has 0 bridgehead atoms. The summed E-state index contributed by atoms with van der Waals surface area (Å²) in [5.41, 5.74) is 0. The normalized spacial score (nSPS) is 28.2. The van der Waals surface area contributed by atoms with E-state index in [1.165, 1.54) is 32.2 Å². The van der Waals surface area contributed by atoms with Crippen LogP contribution in [0.25, 0.3) is 0 Å². The smallest absolute Gasteiger partial charge is 0.0674 e. The van der Waals surface area contributed by atoms with Crippen LogP contribution in [-0.4, -0.2) is 42.5 Å². The van der Waals surface area contributed by atoms with E-state index in [0.29, 0.717) is 12.1 Å². The highest BCUT2D eigenvalue weighted by Gasteiger charge is 2.22. The lowest BCUT2D eigenvalue weighted by Gasteiger charge is -2.36. The van der Waals surface area contributed by atoms with Crippen LogP contribution in [-0.2, 0) is 4.74 Å². The summed E-state index contributed by atoms with van der Waals surface area (Å²) < 4.78 is 5.61. The van der Waals surface area contributed by atoms with Gasteiger partial charge in [0.25, 0.3) is 0 Å². The van der Waals surface area contributed by atoms with E-state index in [-0.39, 0.29) is 0 Å². The van der Waals surface area contributed by atoms with E-state index in [1.54, 1.807) is 0 Å². The molecule has 1 rings (SSSR count). The number of nitrogens with zero attached hydrogens (tertiary/aromatic N) is 1. The largest absolute Gasteiger partial charge is 0.376 e. The fourth-order valence-corrected chi connectivity index (χ4v) is 2.29. The second-order valence-corrected chi connectivity index (χ2v) is 5.07. The first kappa shape index (κ1) is 13.3. The zero-order chi connectivity index (χ0) is 11.1. The molecule has 0 aromatic heterocycles. The highest BCUT2D eigenvalue weighted by Crippen LogP contribution is 2.12. The first-order valence-electron chi connectivity index (χ1n) is 6.20. The summed E-state index contributed by atoms with van der Waals surface area (Å²) in [6.07, 6.45) is 5.68. The Morgan fingerprint density at radius 2 is 1.93 bits per heavy atom. The van der Waals surface area contributed by atoms with Crippen molar-refractivity contribution in [3.63, 3.8) is 0 Å². The van der Waals surface area contributed by atoms with Gasteiger partial charge in [0.15, 0.2) is 0 Å². The van der Waals surface area contributed by atoms with Crippen LogP contribution in [0.2, 0.25) is 0 Å². The van der Waals surface area contributed by atoms with Gasteiger partial charge in [-0.25, -0.2) is 0 Å². The van der Waals surface area contributed by atoms with Crippen LogP contribution in [0.4, 0.5) is 0 Å². The molecule has 0 N–H and O–H groups in total. The van der Waals surface area contributed by atoms with Crippen molar-refractivity contribution in [2.45, 2.75) is 51.7 Å². The molecular formula is C12H25NOS. The molecule has 0 aromatic carbocycles. The summed E-state index contributed by atoms with van der Waals surface area (Å²) in [6, 6.07) is 0.603. The Kier molecular flexibility index (Phi) is 6.69. The molecule has 1 aliphatic rings. The van der Waals surface area contributed by atoms with Crippen LogP contribution in [0.15, 0.2) is 0 Å². The molecule has 2 unspecified atom stereocenters. The molecular weight excluding hydrogens is 206 g/mol. The lowest BCUT2D eigenvalue weighted by Crippen LogP contribution is -2.47. The standard InChI is InChI=1S/C12H25NOS/c1-11-10-14-12(2)9-13(11)7-5-3-4-6-8-15/h11-12,15H,3-10H2,1-2H3. The van der Waals surface area contributed by atoms with E-state index in [0.717, 1.165) is 18.9 Å². The number of morpholine rings is 1. The number of hydrogen-bond donors (Lipinski definition) is 1. The minimum atomic E-state index is 0.415. The average Bonchev–Trinajstić information content (AvgIpc) is 2.23. The molecule has 1 saturated heterocycles. The van der Waals surface area contributed by atoms with E-state index < -0.39 is 0 Å². The SMILES string of the molecule is CC1CN(CCCCCCS)C(C)CO1. The van der Waals surface area contributed by atoms with Gasteiger partial charge in [0.05, 0.1) is 12.7 Å². The van der Waals surface area contributed by atoms with E-state index in [1.807, 2.05) is 0 Å². The summed E-state index contributed by atoms with van der Waals surface area (Å²) in [5, 5.41) is 0. The molecule has 2 nitrogen and oxygen atoms in total. The predicted octanol–water partition coefficient (Wildman–Crippen LogP) is 2.59. The highest BCUT2D eigenvalue weighted by atomic mass is 32.1. The number of thiol groups is 1.